The van der Waals surface area contributed by atoms with Gasteiger partial charge in [0.05, 0.1) is 10.7 Å². The van der Waals surface area contributed by atoms with Crippen molar-refractivity contribution in [2.24, 2.45) is 0 Å². The van der Waals surface area contributed by atoms with E-state index in [2.05, 4.69) is 15.4 Å². The molecule has 0 radical (unpaired) electrons. The topological polar surface area (TPSA) is 80.0 Å². The maximum absolute atomic E-state index is 11.7. The summed E-state index contributed by atoms with van der Waals surface area (Å²) in [5, 5.41) is 15.9. The van der Waals surface area contributed by atoms with Crippen LogP contribution in [0.3, 0.4) is 0 Å². The van der Waals surface area contributed by atoms with Gasteiger partial charge in [0.2, 0.25) is 5.91 Å². The molecule has 2 aromatic rings. The summed E-state index contributed by atoms with van der Waals surface area (Å²) < 4.78 is 1.49. The molecule has 0 spiro atoms. The maximum Gasteiger partial charge on any atom is 0.224 e. The zero-order valence-corrected chi connectivity index (χ0v) is 10.8. The van der Waals surface area contributed by atoms with Gasteiger partial charge in [0.25, 0.3) is 0 Å². The second-order valence-corrected chi connectivity index (χ2v) is 4.26. The quantitative estimate of drug-likeness (QED) is 0.872. The van der Waals surface area contributed by atoms with Gasteiger partial charge < -0.3 is 10.4 Å². The molecule has 100 valence electrons. The van der Waals surface area contributed by atoms with Gasteiger partial charge in [-0.25, -0.2) is 9.67 Å². The van der Waals surface area contributed by atoms with E-state index in [0.717, 1.165) is 0 Å². The number of amides is 1. The highest BCUT2D eigenvalue weighted by atomic mass is 35.5. The van der Waals surface area contributed by atoms with Gasteiger partial charge in [-0.3, -0.25) is 4.79 Å². The molecule has 1 aromatic carbocycles. The lowest BCUT2D eigenvalue weighted by molar-refractivity contribution is -0.116. The fourth-order valence-corrected chi connectivity index (χ4v) is 1.89. The molecule has 0 aliphatic carbocycles. The number of nitrogens with one attached hydrogen (secondary N) is 1. The Hall–Kier alpha value is -1.92. The summed E-state index contributed by atoms with van der Waals surface area (Å²) in [6, 6.07) is 5.19. The van der Waals surface area contributed by atoms with Crippen molar-refractivity contribution >= 4 is 23.2 Å². The average Bonchev–Trinajstić information content (AvgIpc) is 2.90. The Morgan fingerprint density at radius 3 is 3.00 bits per heavy atom. The summed E-state index contributed by atoms with van der Waals surface area (Å²) in [6.45, 7) is -0.0150. The Morgan fingerprint density at radius 2 is 2.32 bits per heavy atom. The third-order valence-corrected chi connectivity index (χ3v) is 2.78. The summed E-state index contributed by atoms with van der Waals surface area (Å²) in [5.74, 6) is -0.183. The molecule has 0 atom stereocenters. The van der Waals surface area contributed by atoms with Crippen molar-refractivity contribution < 1.29 is 9.90 Å². The van der Waals surface area contributed by atoms with Crippen LogP contribution in [0.1, 0.15) is 12.8 Å². The molecule has 0 fully saturated rings. The number of carbonyl (C=O) groups is 1. The third-order valence-electron chi connectivity index (χ3n) is 2.47. The zero-order valence-electron chi connectivity index (χ0n) is 10.1. The van der Waals surface area contributed by atoms with Gasteiger partial charge in [0, 0.05) is 13.0 Å². The first-order chi connectivity index (χ1) is 9.22. The minimum absolute atomic E-state index is 0.0150. The molecule has 1 amide bonds. The molecule has 1 aromatic heterocycles. The Kier molecular flexibility index (Phi) is 4.48. The van der Waals surface area contributed by atoms with Crippen molar-refractivity contribution in [3.8, 4) is 5.69 Å². The number of aliphatic hydroxyl groups is 1. The number of carbonyl (C=O) groups excluding carboxylic acids is 1. The van der Waals surface area contributed by atoms with Gasteiger partial charge in [0.1, 0.15) is 18.3 Å². The molecule has 0 unspecified atom stereocenters. The highest BCUT2D eigenvalue weighted by Crippen LogP contribution is 2.27. The van der Waals surface area contributed by atoms with Crippen LogP contribution in [0.15, 0.2) is 30.9 Å². The first-order valence-electron chi connectivity index (χ1n) is 5.76. The molecule has 19 heavy (non-hydrogen) atoms. The van der Waals surface area contributed by atoms with Crippen LogP contribution in [0.5, 0.6) is 0 Å². The zero-order chi connectivity index (χ0) is 13.7. The SMILES string of the molecule is O=C(CCCO)Nc1cccc(Cl)c1-n1cncn1. The Balaban J connectivity index is 2.26. The molecular weight excluding hydrogens is 268 g/mol. The molecular formula is C12H13ClN4O2. The number of nitrogens with zero attached hydrogens (tertiary/aromatic N) is 3. The van der Waals surface area contributed by atoms with Crippen LogP contribution < -0.4 is 5.32 Å². The number of para-hydroxylation sites is 1. The van der Waals surface area contributed by atoms with Gasteiger partial charge in [-0.1, -0.05) is 17.7 Å². The molecule has 0 saturated carbocycles. The van der Waals surface area contributed by atoms with E-state index in [9.17, 15) is 4.79 Å². The van der Waals surface area contributed by atoms with Crippen molar-refractivity contribution in [1.29, 1.82) is 0 Å². The number of hydrogen-bond donors (Lipinski definition) is 2. The van der Waals surface area contributed by atoms with E-state index in [4.69, 9.17) is 16.7 Å². The number of anilines is 1. The lowest BCUT2D eigenvalue weighted by Gasteiger charge is -2.12. The second kappa shape index (κ2) is 6.31. The van der Waals surface area contributed by atoms with Gasteiger partial charge >= 0.3 is 0 Å². The molecule has 0 bridgehead atoms. The van der Waals surface area contributed by atoms with E-state index < -0.39 is 0 Å². The molecule has 7 heteroatoms. The largest absolute Gasteiger partial charge is 0.396 e. The minimum Gasteiger partial charge on any atom is -0.396 e. The molecule has 6 nitrogen and oxygen atoms in total. The van der Waals surface area contributed by atoms with E-state index in [1.807, 2.05) is 0 Å². The molecule has 2 N–H and O–H groups in total. The van der Waals surface area contributed by atoms with Crippen LogP contribution in [-0.2, 0) is 4.79 Å². The van der Waals surface area contributed by atoms with Gasteiger partial charge in [0.15, 0.2) is 0 Å². The number of hydrogen-bond acceptors (Lipinski definition) is 4. The van der Waals surface area contributed by atoms with Crippen molar-refractivity contribution in [3.63, 3.8) is 0 Å². The Morgan fingerprint density at radius 1 is 1.47 bits per heavy atom. The van der Waals surface area contributed by atoms with E-state index >= 15 is 0 Å². The van der Waals surface area contributed by atoms with Crippen LogP contribution >= 0.6 is 11.6 Å². The summed E-state index contributed by atoms with van der Waals surface area (Å²) in [6.07, 6.45) is 3.57. The van der Waals surface area contributed by atoms with E-state index in [1.165, 1.54) is 17.3 Å². The predicted octanol–water partition coefficient (Wildman–Crippen LogP) is 1.63. The molecule has 2 rings (SSSR count). The van der Waals surface area contributed by atoms with E-state index in [1.54, 1.807) is 18.2 Å². The Labute approximate surface area is 115 Å². The fourth-order valence-electron chi connectivity index (χ4n) is 1.63. The smallest absolute Gasteiger partial charge is 0.224 e. The summed E-state index contributed by atoms with van der Waals surface area (Å²) in [4.78, 5) is 15.6. The van der Waals surface area contributed by atoms with Crippen molar-refractivity contribution in [1.82, 2.24) is 14.8 Å². The number of halogens is 1. The van der Waals surface area contributed by atoms with Crippen LogP contribution in [0, 0.1) is 0 Å². The van der Waals surface area contributed by atoms with Crippen LogP contribution in [0.2, 0.25) is 5.02 Å². The standard InChI is InChI=1S/C12H13ClN4O2/c13-9-3-1-4-10(16-11(19)5-2-6-18)12(9)17-8-14-7-15-17/h1,3-4,7-8,18H,2,5-6H2,(H,16,19). The molecule has 0 aliphatic rings. The Bertz CT molecular complexity index is 557. The van der Waals surface area contributed by atoms with Gasteiger partial charge in [-0.15, -0.1) is 0 Å². The summed E-state index contributed by atoms with van der Waals surface area (Å²) >= 11 is 6.13. The summed E-state index contributed by atoms with van der Waals surface area (Å²) in [5.41, 5.74) is 1.12. The summed E-state index contributed by atoms with van der Waals surface area (Å²) in [7, 11) is 0. The maximum atomic E-state index is 11.7. The highest BCUT2D eigenvalue weighted by molar-refractivity contribution is 6.33. The second-order valence-electron chi connectivity index (χ2n) is 3.85. The van der Waals surface area contributed by atoms with Gasteiger partial charge in [-0.05, 0) is 18.6 Å². The van der Waals surface area contributed by atoms with Crippen LogP contribution in [0.25, 0.3) is 5.69 Å². The first-order valence-corrected chi connectivity index (χ1v) is 6.14. The lowest BCUT2D eigenvalue weighted by Crippen LogP contribution is -2.14. The lowest BCUT2D eigenvalue weighted by atomic mass is 10.2. The van der Waals surface area contributed by atoms with E-state index in [-0.39, 0.29) is 18.9 Å². The molecule has 0 saturated heterocycles. The number of aromatic nitrogens is 3. The number of aliphatic hydroxyl groups excluding tert-OH is 1. The van der Waals surface area contributed by atoms with Crippen molar-refractivity contribution in [2.45, 2.75) is 12.8 Å². The predicted molar refractivity (Wildman–Crippen MR) is 71.3 cm³/mol. The normalized spacial score (nSPS) is 10.4. The monoisotopic (exact) mass is 280 g/mol. The first kappa shape index (κ1) is 13.5. The molecule has 1 heterocycles. The highest BCUT2D eigenvalue weighted by Gasteiger charge is 2.12. The van der Waals surface area contributed by atoms with Gasteiger partial charge in [-0.2, -0.15) is 5.10 Å². The van der Waals surface area contributed by atoms with Crippen molar-refractivity contribution in [3.05, 3.63) is 35.9 Å². The van der Waals surface area contributed by atoms with Crippen LogP contribution in [0.4, 0.5) is 5.69 Å². The van der Waals surface area contributed by atoms with Crippen molar-refractivity contribution in [2.75, 3.05) is 11.9 Å². The fraction of sp³-hybridized carbons (Fsp3) is 0.250. The number of rotatable bonds is 5. The van der Waals surface area contributed by atoms with E-state index in [0.29, 0.717) is 22.8 Å². The average molecular weight is 281 g/mol. The minimum atomic E-state index is -0.183. The van der Waals surface area contributed by atoms with Crippen LogP contribution in [-0.4, -0.2) is 32.4 Å². The third kappa shape index (κ3) is 3.30. The molecule has 0 aliphatic heterocycles. The number of benzene rings is 1.